The predicted octanol–water partition coefficient (Wildman–Crippen LogP) is 3.75. The molecule has 20 heavy (non-hydrogen) atoms. The smallest absolute Gasteiger partial charge is 0.190 e. The molecule has 2 aromatic rings. The van der Waals surface area contributed by atoms with Crippen LogP contribution in [0.15, 0.2) is 48.5 Å². The summed E-state index contributed by atoms with van der Waals surface area (Å²) in [5.41, 5.74) is 1.44. The minimum Gasteiger partial charge on any atom is -0.497 e. The number of rotatable bonds is 6. The van der Waals surface area contributed by atoms with Gasteiger partial charge in [-0.3, -0.25) is 4.79 Å². The van der Waals surface area contributed by atoms with Crippen molar-refractivity contribution < 1.29 is 14.3 Å². The Balaban J connectivity index is 1.95. The summed E-state index contributed by atoms with van der Waals surface area (Å²) in [6.45, 7) is 0.385. The molecule has 2 aromatic carbocycles. The van der Waals surface area contributed by atoms with Crippen LogP contribution in [0.4, 0.5) is 0 Å². The van der Waals surface area contributed by atoms with E-state index in [1.54, 1.807) is 25.3 Å². The number of hydrogen-bond acceptors (Lipinski definition) is 3. The van der Waals surface area contributed by atoms with Gasteiger partial charge in [0.2, 0.25) is 0 Å². The number of ether oxygens (including phenoxy) is 2. The van der Waals surface area contributed by atoms with Crippen molar-refractivity contribution in [3.63, 3.8) is 0 Å². The number of halogens is 1. The summed E-state index contributed by atoms with van der Waals surface area (Å²) in [7, 11) is 1.55. The third-order valence-electron chi connectivity index (χ3n) is 2.82. The Morgan fingerprint density at radius 2 is 1.90 bits per heavy atom. The normalized spacial score (nSPS) is 10.3. The summed E-state index contributed by atoms with van der Waals surface area (Å²) >= 11 is 6.01. The molecule has 0 spiro atoms. The first kappa shape index (κ1) is 14.6. The predicted molar refractivity (Wildman–Crippen MR) is 78.4 cm³/mol. The molecule has 0 saturated carbocycles. The third kappa shape index (κ3) is 3.83. The number of methoxy groups -OCH3 is 1. The molecule has 0 saturated heterocycles. The van der Waals surface area contributed by atoms with Gasteiger partial charge in [0.25, 0.3) is 0 Å². The van der Waals surface area contributed by atoms with Gasteiger partial charge in [0, 0.05) is 5.56 Å². The monoisotopic (exact) mass is 290 g/mol. The van der Waals surface area contributed by atoms with E-state index in [1.165, 1.54) is 0 Å². The molecule has 4 heteroatoms. The molecule has 2 rings (SSSR count). The molecule has 0 N–H and O–H groups in total. The third-order valence-corrected chi connectivity index (χ3v) is 3.15. The quantitative estimate of drug-likeness (QED) is 0.760. The second-order valence-electron chi connectivity index (χ2n) is 4.25. The fraction of sp³-hybridized carbons (Fsp3) is 0.188. The maximum absolute atomic E-state index is 12.1. The van der Waals surface area contributed by atoms with E-state index in [1.807, 2.05) is 30.3 Å². The van der Waals surface area contributed by atoms with Crippen LogP contribution in [0.25, 0.3) is 0 Å². The lowest BCUT2D eigenvalue weighted by molar-refractivity contribution is 0.0726. The molecule has 0 heterocycles. The highest BCUT2D eigenvalue weighted by molar-refractivity contribution is 6.34. The van der Waals surface area contributed by atoms with E-state index < -0.39 is 0 Å². The Labute approximate surface area is 123 Å². The Hall–Kier alpha value is -1.84. The molecule has 0 atom stereocenters. The van der Waals surface area contributed by atoms with Crippen LogP contribution < -0.4 is 4.74 Å². The first-order valence-corrected chi connectivity index (χ1v) is 6.57. The van der Waals surface area contributed by atoms with Crippen LogP contribution in [0.3, 0.4) is 0 Å². The molecule has 0 aliphatic carbocycles. The second-order valence-corrected chi connectivity index (χ2v) is 4.65. The SMILES string of the molecule is COc1ccc(Cl)c(C(=O)COCc2ccccc2)c1. The van der Waals surface area contributed by atoms with Crippen molar-refractivity contribution in [1.82, 2.24) is 0 Å². The van der Waals surface area contributed by atoms with Crippen molar-refractivity contribution >= 4 is 17.4 Å². The number of hydrogen-bond donors (Lipinski definition) is 0. The maximum Gasteiger partial charge on any atom is 0.190 e. The summed E-state index contributed by atoms with van der Waals surface area (Å²) in [5.74, 6) is 0.436. The van der Waals surface area contributed by atoms with Gasteiger partial charge in [0.15, 0.2) is 5.78 Å². The zero-order valence-electron chi connectivity index (χ0n) is 11.1. The molecule has 0 fully saturated rings. The Morgan fingerprint density at radius 3 is 2.60 bits per heavy atom. The van der Waals surface area contributed by atoms with Crippen LogP contribution in [-0.2, 0) is 11.3 Å². The minimum atomic E-state index is -0.162. The molecule has 0 radical (unpaired) electrons. The number of benzene rings is 2. The molecule has 3 nitrogen and oxygen atoms in total. The minimum absolute atomic E-state index is 0.0121. The van der Waals surface area contributed by atoms with E-state index >= 15 is 0 Å². The van der Waals surface area contributed by atoms with Crippen molar-refractivity contribution in [3.8, 4) is 5.75 Å². The van der Waals surface area contributed by atoms with Crippen molar-refractivity contribution in [2.75, 3.05) is 13.7 Å². The topological polar surface area (TPSA) is 35.5 Å². The average molecular weight is 291 g/mol. The second kappa shape index (κ2) is 7.08. The number of Topliss-reactive ketones (excluding diaryl/α,β-unsaturated/α-hetero) is 1. The van der Waals surface area contributed by atoms with Gasteiger partial charge in [0.1, 0.15) is 12.4 Å². The zero-order valence-corrected chi connectivity index (χ0v) is 11.9. The van der Waals surface area contributed by atoms with Gasteiger partial charge >= 0.3 is 0 Å². The number of carbonyl (C=O) groups excluding carboxylic acids is 1. The van der Waals surface area contributed by atoms with Crippen molar-refractivity contribution in [2.24, 2.45) is 0 Å². The first-order chi connectivity index (χ1) is 9.70. The molecule has 0 aromatic heterocycles. The van der Waals surface area contributed by atoms with E-state index in [9.17, 15) is 4.79 Å². The molecule has 0 bridgehead atoms. The van der Waals surface area contributed by atoms with E-state index in [4.69, 9.17) is 21.1 Å². The Morgan fingerprint density at radius 1 is 1.15 bits per heavy atom. The fourth-order valence-corrected chi connectivity index (χ4v) is 1.98. The van der Waals surface area contributed by atoms with Crippen molar-refractivity contribution in [2.45, 2.75) is 6.61 Å². The summed E-state index contributed by atoms with van der Waals surface area (Å²) < 4.78 is 10.5. The highest BCUT2D eigenvalue weighted by Crippen LogP contribution is 2.22. The van der Waals surface area contributed by atoms with E-state index in [0.29, 0.717) is 22.9 Å². The lowest BCUT2D eigenvalue weighted by atomic mass is 10.1. The maximum atomic E-state index is 12.1. The lowest BCUT2D eigenvalue weighted by Crippen LogP contribution is -2.10. The highest BCUT2D eigenvalue weighted by atomic mass is 35.5. The molecule has 0 amide bonds. The van der Waals surface area contributed by atoms with Gasteiger partial charge in [0.05, 0.1) is 18.7 Å². The summed E-state index contributed by atoms with van der Waals surface area (Å²) in [6, 6.07) is 14.7. The van der Waals surface area contributed by atoms with Gasteiger partial charge in [-0.1, -0.05) is 41.9 Å². The molecular weight excluding hydrogens is 276 g/mol. The Kier molecular flexibility index (Phi) is 5.16. The first-order valence-electron chi connectivity index (χ1n) is 6.19. The van der Waals surface area contributed by atoms with E-state index in [2.05, 4.69) is 0 Å². The van der Waals surface area contributed by atoms with Gasteiger partial charge in [-0.05, 0) is 23.8 Å². The van der Waals surface area contributed by atoms with Crippen LogP contribution in [0.2, 0.25) is 5.02 Å². The highest BCUT2D eigenvalue weighted by Gasteiger charge is 2.12. The fourth-order valence-electron chi connectivity index (χ4n) is 1.76. The largest absolute Gasteiger partial charge is 0.497 e. The van der Waals surface area contributed by atoms with Gasteiger partial charge < -0.3 is 9.47 Å². The van der Waals surface area contributed by atoms with E-state index in [-0.39, 0.29) is 12.4 Å². The molecular formula is C16H15ClO3. The van der Waals surface area contributed by atoms with Crippen LogP contribution in [0.1, 0.15) is 15.9 Å². The van der Waals surface area contributed by atoms with Crippen LogP contribution >= 0.6 is 11.6 Å². The van der Waals surface area contributed by atoms with Crippen molar-refractivity contribution in [3.05, 3.63) is 64.7 Å². The molecule has 0 aliphatic heterocycles. The summed E-state index contributed by atoms with van der Waals surface area (Å²) in [4.78, 5) is 12.1. The lowest BCUT2D eigenvalue weighted by Gasteiger charge is -2.07. The van der Waals surface area contributed by atoms with Gasteiger partial charge in [-0.25, -0.2) is 0 Å². The zero-order chi connectivity index (χ0) is 14.4. The van der Waals surface area contributed by atoms with Gasteiger partial charge in [-0.15, -0.1) is 0 Å². The Bertz CT molecular complexity index is 582. The molecule has 0 unspecified atom stereocenters. The van der Waals surface area contributed by atoms with Crippen LogP contribution in [0.5, 0.6) is 5.75 Å². The number of carbonyl (C=O) groups is 1. The van der Waals surface area contributed by atoms with E-state index in [0.717, 1.165) is 5.56 Å². The average Bonchev–Trinajstić information content (AvgIpc) is 2.48. The van der Waals surface area contributed by atoms with Crippen LogP contribution in [0, 0.1) is 0 Å². The standard InChI is InChI=1S/C16H15ClO3/c1-19-13-7-8-15(17)14(9-13)16(18)11-20-10-12-5-3-2-4-6-12/h2-9H,10-11H2,1H3. The molecule has 104 valence electrons. The van der Waals surface area contributed by atoms with Crippen LogP contribution in [-0.4, -0.2) is 19.5 Å². The summed E-state index contributed by atoms with van der Waals surface area (Å²) in [5, 5.41) is 0.402. The number of ketones is 1. The van der Waals surface area contributed by atoms with Gasteiger partial charge in [-0.2, -0.15) is 0 Å². The van der Waals surface area contributed by atoms with Crippen molar-refractivity contribution in [1.29, 1.82) is 0 Å². The molecule has 0 aliphatic rings. The summed E-state index contributed by atoms with van der Waals surface area (Å²) in [6.07, 6.45) is 0.